The fraction of sp³-hybridized carbons (Fsp3) is 0.273. The Labute approximate surface area is 204 Å². The van der Waals surface area contributed by atoms with Crippen LogP contribution >= 0.6 is 0 Å². The molecule has 0 aliphatic heterocycles. The number of hydrogen-bond donors (Lipinski definition) is 3. The summed E-state index contributed by atoms with van der Waals surface area (Å²) in [5, 5.41) is 5.52. The average Bonchev–Trinajstić information content (AvgIpc) is 2.85. The number of halogens is 4. The Morgan fingerprint density at radius 2 is 1.69 bits per heavy atom. The van der Waals surface area contributed by atoms with Gasteiger partial charge in [0.05, 0.1) is 17.7 Å². The van der Waals surface area contributed by atoms with Crippen LogP contribution in [-0.2, 0) is 14.8 Å². The van der Waals surface area contributed by atoms with E-state index in [1.165, 1.54) is 0 Å². The van der Waals surface area contributed by atoms with Crippen molar-refractivity contribution in [2.75, 3.05) is 44.0 Å². The number of benzene rings is 2. The normalized spacial score (nSPS) is 11.4. The van der Waals surface area contributed by atoms with Crippen molar-refractivity contribution in [2.45, 2.75) is 11.8 Å². The standard InChI is InChI=1S/C22H23F4N5O4S/c1-13-18(11-16(23)20(26)19(13)25)36(32,33)29-8-7-27-21-17(24)12-28-22(31-21)30-14-3-5-15(6-4-14)35-10-9-34-2/h3-6,11-12,29H,7-10H2,1-2H3,(H2,27,28,30,31). The number of hydrogen-bond acceptors (Lipinski definition) is 8. The molecule has 0 aliphatic carbocycles. The van der Waals surface area contributed by atoms with E-state index in [4.69, 9.17) is 9.47 Å². The molecule has 1 heterocycles. The first-order valence-electron chi connectivity index (χ1n) is 10.5. The maximum Gasteiger partial charge on any atom is 0.241 e. The molecule has 0 spiro atoms. The Morgan fingerprint density at radius 3 is 2.39 bits per heavy atom. The van der Waals surface area contributed by atoms with Gasteiger partial charge in [-0.1, -0.05) is 0 Å². The number of methoxy groups -OCH3 is 1. The third-order valence-electron chi connectivity index (χ3n) is 4.77. The maximum atomic E-state index is 14.1. The molecule has 0 amide bonds. The largest absolute Gasteiger partial charge is 0.491 e. The summed E-state index contributed by atoms with van der Waals surface area (Å²) in [7, 11) is -2.80. The summed E-state index contributed by atoms with van der Waals surface area (Å²) in [4.78, 5) is 7.13. The van der Waals surface area contributed by atoms with E-state index in [0.717, 1.165) is 13.1 Å². The van der Waals surface area contributed by atoms with Crippen LogP contribution < -0.4 is 20.1 Å². The molecule has 0 saturated heterocycles. The summed E-state index contributed by atoms with van der Waals surface area (Å²) in [6.45, 7) is 1.43. The van der Waals surface area contributed by atoms with Gasteiger partial charge in [-0.05, 0) is 37.3 Å². The number of rotatable bonds is 12. The zero-order chi connectivity index (χ0) is 26.3. The Hall–Kier alpha value is -3.49. The fourth-order valence-corrected chi connectivity index (χ4v) is 4.22. The average molecular weight is 530 g/mol. The molecule has 3 rings (SSSR count). The minimum atomic E-state index is -4.37. The first-order chi connectivity index (χ1) is 17.1. The molecule has 0 radical (unpaired) electrons. The second-order valence-electron chi connectivity index (χ2n) is 7.31. The molecule has 0 fully saturated rings. The molecule has 0 aliphatic rings. The van der Waals surface area contributed by atoms with Gasteiger partial charge >= 0.3 is 0 Å². The van der Waals surface area contributed by atoms with E-state index in [0.29, 0.717) is 30.7 Å². The molecule has 3 N–H and O–H groups in total. The minimum absolute atomic E-state index is 0.0698. The van der Waals surface area contributed by atoms with Crippen LogP contribution in [0, 0.1) is 30.2 Å². The SMILES string of the molecule is COCCOc1ccc(Nc2ncc(F)c(NCCNS(=O)(=O)c3cc(F)c(F)c(F)c3C)n2)cc1. The predicted molar refractivity (Wildman–Crippen MR) is 124 cm³/mol. The van der Waals surface area contributed by atoms with Gasteiger partial charge in [0.15, 0.2) is 29.1 Å². The van der Waals surface area contributed by atoms with Crippen molar-refractivity contribution in [1.29, 1.82) is 0 Å². The monoisotopic (exact) mass is 529 g/mol. The zero-order valence-electron chi connectivity index (χ0n) is 19.2. The second kappa shape index (κ2) is 12.0. The summed E-state index contributed by atoms with van der Waals surface area (Å²) in [6.07, 6.45) is 0.928. The highest BCUT2D eigenvalue weighted by Crippen LogP contribution is 2.23. The van der Waals surface area contributed by atoms with Crippen molar-refractivity contribution in [1.82, 2.24) is 14.7 Å². The molecule has 194 valence electrons. The van der Waals surface area contributed by atoms with Crippen LogP contribution in [-0.4, -0.2) is 51.8 Å². The number of aromatic nitrogens is 2. The molecule has 0 unspecified atom stereocenters. The van der Waals surface area contributed by atoms with Crippen LogP contribution in [0.3, 0.4) is 0 Å². The predicted octanol–water partition coefficient (Wildman–Crippen LogP) is 3.50. The van der Waals surface area contributed by atoms with Gasteiger partial charge in [0.25, 0.3) is 0 Å². The molecule has 36 heavy (non-hydrogen) atoms. The second-order valence-corrected chi connectivity index (χ2v) is 9.05. The molecular weight excluding hydrogens is 506 g/mol. The highest BCUT2D eigenvalue weighted by Gasteiger charge is 2.24. The zero-order valence-corrected chi connectivity index (χ0v) is 20.1. The first kappa shape index (κ1) is 27.1. The third kappa shape index (κ3) is 6.80. The smallest absolute Gasteiger partial charge is 0.241 e. The first-order valence-corrected chi connectivity index (χ1v) is 12.0. The van der Waals surface area contributed by atoms with E-state index in [1.54, 1.807) is 31.4 Å². The van der Waals surface area contributed by atoms with Crippen molar-refractivity contribution in [3.63, 3.8) is 0 Å². The van der Waals surface area contributed by atoms with Gasteiger partial charge in [-0.3, -0.25) is 0 Å². The number of nitrogens with zero attached hydrogens (tertiary/aromatic N) is 2. The van der Waals surface area contributed by atoms with E-state index in [9.17, 15) is 26.0 Å². The fourth-order valence-electron chi connectivity index (χ4n) is 2.95. The Kier molecular flexibility index (Phi) is 9.01. The lowest BCUT2D eigenvalue weighted by molar-refractivity contribution is 0.146. The van der Waals surface area contributed by atoms with E-state index in [1.807, 2.05) is 0 Å². The summed E-state index contributed by atoms with van der Waals surface area (Å²) in [5.41, 5.74) is 0.0371. The summed E-state index contributed by atoms with van der Waals surface area (Å²) >= 11 is 0. The van der Waals surface area contributed by atoms with Crippen LogP contribution in [0.15, 0.2) is 41.4 Å². The number of anilines is 3. The van der Waals surface area contributed by atoms with Gasteiger partial charge < -0.3 is 20.1 Å². The Morgan fingerprint density at radius 1 is 0.972 bits per heavy atom. The molecule has 14 heteroatoms. The van der Waals surface area contributed by atoms with Gasteiger partial charge in [0.2, 0.25) is 16.0 Å². The summed E-state index contributed by atoms with van der Waals surface area (Å²) < 4.78 is 91.9. The lowest BCUT2D eigenvalue weighted by Crippen LogP contribution is -2.30. The van der Waals surface area contributed by atoms with E-state index >= 15 is 0 Å². The van der Waals surface area contributed by atoms with Crippen molar-refractivity contribution < 1.29 is 35.5 Å². The Balaban J connectivity index is 1.58. The third-order valence-corrected chi connectivity index (χ3v) is 6.36. The van der Waals surface area contributed by atoms with Crippen LogP contribution in [0.1, 0.15) is 5.56 Å². The van der Waals surface area contributed by atoms with Crippen molar-refractivity contribution in [3.05, 3.63) is 65.4 Å². The van der Waals surface area contributed by atoms with E-state index < -0.39 is 43.8 Å². The number of sulfonamides is 1. The molecule has 9 nitrogen and oxygen atoms in total. The lowest BCUT2D eigenvalue weighted by atomic mass is 10.2. The van der Waals surface area contributed by atoms with Crippen LogP contribution in [0.4, 0.5) is 35.0 Å². The lowest BCUT2D eigenvalue weighted by Gasteiger charge is -2.12. The van der Waals surface area contributed by atoms with Gasteiger partial charge in [-0.15, -0.1) is 0 Å². The topological polar surface area (TPSA) is 114 Å². The van der Waals surface area contributed by atoms with Crippen LogP contribution in [0.25, 0.3) is 0 Å². The maximum absolute atomic E-state index is 14.1. The molecule has 0 saturated carbocycles. The van der Waals surface area contributed by atoms with Gasteiger partial charge in [-0.25, -0.2) is 35.7 Å². The van der Waals surface area contributed by atoms with E-state index in [-0.39, 0.29) is 24.9 Å². The highest BCUT2D eigenvalue weighted by molar-refractivity contribution is 7.89. The van der Waals surface area contributed by atoms with Crippen molar-refractivity contribution in [3.8, 4) is 5.75 Å². The van der Waals surface area contributed by atoms with Gasteiger partial charge in [-0.2, -0.15) is 4.98 Å². The van der Waals surface area contributed by atoms with Crippen molar-refractivity contribution >= 4 is 27.5 Å². The quantitative estimate of drug-likeness (QED) is 0.186. The number of nitrogens with one attached hydrogen (secondary N) is 3. The minimum Gasteiger partial charge on any atom is -0.491 e. The van der Waals surface area contributed by atoms with Crippen LogP contribution in [0.2, 0.25) is 0 Å². The van der Waals surface area contributed by atoms with E-state index in [2.05, 4.69) is 25.3 Å². The van der Waals surface area contributed by atoms with Crippen LogP contribution in [0.5, 0.6) is 5.75 Å². The number of ether oxygens (including phenoxy) is 2. The summed E-state index contributed by atoms with van der Waals surface area (Å²) in [6, 6.07) is 7.24. The molecular formula is C22H23F4N5O4S. The summed E-state index contributed by atoms with van der Waals surface area (Å²) in [5.74, 6) is -5.28. The van der Waals surface area contributed by atoms with Gasteiger partial charge in [0, 0.05) is 31.5 Å². The highest BCUT2D eigenvalue weighted by atomic mass is 32.2. The molecule has 0 atom stereocenters. The molecule has 1 aromatic heterocycles. The van der Waals surface area contributed by atoms with Crippen molar-refractivity contribution in [2.24, 2.45) is 0 Å². The molecule has 3 aromatic rings. The van der Waals surface area contributed by atoms with Gasteiger partial charge in [0.1, 0.15) is 12.4 Å². The Bertz CT molecular complexity index is 1310. The molecule has 0 bridgehead atoms. The molecule has 2 aromatic carbocycles.